The lowest BCUT2D eigenvalue weighted by Crippen LogP contribution is -2.60. The van der Waals surface area contributed by atoms with Crippen LogP contribution in [0.4, 0.5) is 0 Å². The summed E-state index contributed by atoms with van der Waals surface area (Å²) in [5, 5.41) is 76.1. The van der Waals surface area contributed by atoms with Gasteiger partial charge in [-0.25, -0.2) is 0 Å². The highest BCUT2D eigenvalue weighted by molar-refractivity contribution is 5.80. The molecule has 0 aromatic heterocycles. The standard InChI is InChI=1S/C59H113NO10/c1-3-5-7-9-11-13-15-17-19-21-23-24-25-26-27-28-29-31-33-35-37-39-41-43-45-47-52(63)58(68)60-50(49-69-59-57(67)56(66)55(65)53(48-61)70-59)54(64)51(62)46-44-42-40-38-36-34-32-30-22-20-18-16-14-12-10-8-6-4-2/h26-27,38,40,50-57,59,61-67H,3-25,28-37,39,41-49H2,1-2H3,(H,60,68)/b27-26-,40-38+. The van der Waals surface area contributed by atoms with Gasteiger partial charge in [-0.1, -0.05) is 237 Å². The number of nitrogens with one attached hydrogen (secondary N) is 1. The van der Waals surface area contributed by atoms with Gasteiger partial charge in [-0.2, -0.15) is 0 Å². The average Bonchev–Trinajstić information content (AvgIpc) is 3.36. The molecule has 1 saturated heterocycles. The van der Waals surface area contributed by atoms with E-state index < -0.39 is 74.2 Å². The fourth-order valence-corrected chi connectivity index (χ4v) is 9.61. The van der Waals surface area contributed by atoms with Crippen LogP contribution in [0.5, 0.6) is 0 Å². The third-order valence-corrected chi connectivity index (χ3v) is 14.5. The second-order valence-corrected chi connectivity index (χ2v) is 21.1. The van der Waals surface area contributed by atoms with Gasteiger partial charge in [-0.15, -0.1) is 0 Å². The van der Waals surface area contributed by atoms with E-state index in [2.05, 4.69) is 43.5 Å². The fraction of sp³-hybridized carbons (Fsp3) is 0.915. The minimum absolute atomic E-state index is 0.253. The smallest absolute Gasteiger partial charge is 0.249 e. The molecule has 11 nitrogen and oxygen atoms in total. The summed E-state index contributed by atoms with van der Waals surface area (Å²) in [7, 11) is 0. The Morgan fingerprint density at radius 2 is 0.843 bits per heavy atom. The van der Waals surface area contributed by atoms with Crippen molar-refractivity contribution in [3.63, 3.8) is 0 Å². The number of hydrogen-bond donors (Lipinski definition) is 8. The van der Waals surface area contributed by atoms with Crippen LogP contribution in [0.3, 0.4) is 0 Å². The van der Waals surface area contributed by atoms with Crippen molar-refractivity contribution in [2.75, 3.05) is 13.2 Å². The Bertz CT molecular complexity index is 1190. The van der Waals surface area contributed by atoms with Gasteiger partial charge in [0.1, 0.15) is 36.6 Å². The van der Waals surface area contributed by atoms with Crippen LogP contribution in [-0.2, 0) is 14.3 Å². The molecular formula is C59H113NO10. The number of rotatable bonds is 51. The molecule has 11 heteroatoms. The highest BCUT2D eigenvalue weighted by atomic mass is 16.7. The zero-order valence-electron chi connectivity index (χ0n) is 45.3. The molecular weight excluding hydrogens is 883 g/mol. The number of ether oxygens (including phenoxy) is 2. The Hall–Kier alpha value is -1.41. The molecule has 0 aliphatic carbocycles. The molecule has 0 bridgehead atoms. The Morgan fingerprint density at radius 1 is 0.486 bits per heavy atom. The van der Waals surface area contributed by atoms with E-state index in [4.69, 9.17) is 9.47 Å². The zero-order valence-corrected chi connectivity index (χ0v) is 45.3. The highest BCUT2D eigenvalue weighted by Crippen LogP contribution is 2.23. The topological polar surface area (TPSA) is 189 Å². The van der Waals surface area contributed by atoms with E-state index in [0.29, 0.717) is 12.8 Å². The molecule has 9 unspecified atom stereocenters. The molecule has 70 heavy (non-hydrogen) atoms. The first kappa shape index (κ1) is 66.6. The first-order chi connectivity index (χ1) is 34.2. The second-order valence-electron chi connectivity index (χ2n) is 21.1. The van der Waals surface area contributed by atoms with Crippen LogP contribution in [-0.4, -0.2) is 110 Å². The summed E-state index contributed by atoms with van der Waals surface area (Å²) in [6.07, 6.45) is 46.6. The zero-order chi connectivity index (χ0) is 51.1. The molecule has 9 atom stereocenters. The lowest BCUT2D eigenvalue weighted by Gasteiger charge is -2.40. The van der Waals surface area contributed by atoms with Crippen molar-refractivity contribution < 1.29 is 50.0 Å². The molecule has 1 aliphatic rings. The van der Waals surface area contributed by atoms with E-state index >= 15 is 0 Å². The molecule has 1 heterocycles. The summed E-state index contributed by atoms with van der Waals surface area (Å²) >= 11 is 0. The Kier molecular flexibility index (Phi) is 46.2. The van der Waals surface area contributed by atoms with Crippen molar-refractivity contribution in [2.45, 2.75) is 332 Å². The Morgan fingerprint density at radius 3 is 1.23 bits per heavy atom. The van der Waals surface area contributed by atoms with Gasteiger partial charge in [0.25, 0.3) is 0 Å². The van der Waals surface area contributed by atoms with E-state index in [1.54, 1.807) is 0 Å². The van der Waals surface area contributed by atoms with Gasteiger partial charge in [-0.05, 0) is 64.2 Å². The highest BCUT2D eigenvalue weighted by Gasteiger charge is 2.44. The molecule has 1 amide bonds. The Balaban J connectivity index is 2.30. The number of carbonyl (C=O) groups is 1. The summed E-state index contributed by atoms with van der Waals surface area (Å²) in [6, 6.07) is -1.18. The van der Waals surface area contributed by atoms with Crippen LogP contribution in [0.25, 0.3) is 0 Å². The van der Waals surface area contributed by atoms with Crippen LogP contribution >= 0.6 is 0 Å². The van der Waals surface area contributed by atoms with Gasteiger partial charge in [0.2, 0.25) is 5.91 Å². The number of aliphatic hydroxyl groups is 7. The predicted molar refractivity (Wildman–Crippen MR) is 289 cm³/mol. The molecule has 0 aromatic carbocycles. The number of unbranched alkanes of at least 4 members (excludes halogenated alkanes) is 35. The quantitative estimate of drug-likeness (QED) is 0.0215. The van der Waals surface area contributed by atoms with E-state index in [1.165, 1.54) is 199 Å². The molecule has 0 radical (unpaired) electrons. The lowest BCUT2D eigenvalue weighted by atomic mass is 9.98. The maximum Gasteiger partial charge on any atom is 0.249 e. The van der Waals surface area contributed by atoms with Crippen molar-refractivity contribution >= 4 is 5.91 Å². The van der Waals surface area contributed by atoms with Gasteiger partial charge in [0.05, 0.1) is 25.4 Å². The van der Waals surface area contributed by atoms with E-state index in [-0.39, 0.29) is 12.8 Å². The minimum atomic E-state index is -1.67. The van der Waals surface area contributed by atoms with Crippen LogP contribution in [0.1, 0.15) is 277 Å². The van der Waals surface area contributed by atoms with Crippen molar-refractivity contribution in [1.29, 1.82) is 0 Å². The number of aliphatic hydroxyl groups excluding tert-OH is 7. The molecule has 0 aromatic rings. The van der Waals surface area contributed by atoms with Crippen molar-refractivity contribution in [3.8, 4) is 0 Å². The molecule has 0 saturated carbocycles. The first-order valence-corrected chi connectivity index (χ1v) is 29.7. The summed E-state index contributed by atoms with van der Waals surface area (Å²) in [4.78, 5) is 13.2. The molecule has 1 rings (SSSR count). The minimum Gasteiger partial charge on any atom is -0.394 e. The normalized spacial score (nSPS) is 20.4. The van der Waals surface area contributed by atoms with Crippen LogP contribution < -0.4 is 5.32 Å². The van der Waals surface area contributed by atoms with Crippen molar-refractivity contribution in [2.24, 2.45) is 0 Å². The maximum atomic E-state index is 13.2. The first-order valence-electron chi connectivity index (χ1n) is 29.7. The third-order valence-electron chi connectivity index (χ3n) is 14.5. The molecule has 1 aliphatic heterocycles. The second kappa shape index (κ2) is 48.5. The van der Waals surface area contributed by atoms with Crippen LogP contribution in [0, 0.1) is 0 Å². The van der Waals surface area contributed by atoms with Gasteiger partial charge < -0.3 is 50.5 Å². The molecule has 1 fully saturated rings. The SMILES string of the molecule is CCCCCCCCCCCCCC/C=C\CCCCCCCCCCCC(O)C(=O)NC(COC1OC(CO)C(O)C(O)C1O)C(O)C(O)CCC/C=C/CCCCCCCCCCCCCCC. The summed E-state index contributed by atoms with van der Waals surface area (Å²) in [5.74, 6) is -0.705. The summed E-state index contributed by atoms with van der Waals surface area (Å²) < 4.78 is 11.1. The Labute approximate surface area is 429 Å². The number of amides is 1. The van der Waals surface area contributed by atoms with Crippen LogP contribution in [0.15, 0.2) is 24.3 Å². The predicted octanol–water partition coefficient (Wildman–Crippen LogP) is 12.5. The molecule has 8 N–H and O–H groups in total. The van der Waals surface area contributed by atoms with Gasteiger partial charge in [0.15, 0.2) is 6.29 Å². The van der Waals surface area contributed by atoms with Gasteiger partial charge in [0, 0.05) is 0 Å². The van der Waals surface area contributed by atoms with E-state index in [0.717, 1.165) is 38.5 Å². The summed E-state index contributed by atoms with van der Waals surface area (Å²) in [6.45, 7) is 3.47. The van der Waals surface area contributed by atoms with Crippen molar-refractivity contribution in [3.05, 3.63) is 24.3 Å². The fourth-order valence-electron chi connectivity index (χ4n) is 9.61. The van der Waals surface area contributed by atoms with E-state index in [9.17, 15) is 40.5 Å². The van der Waals surface area contributed by atoms with Gasteiger partial charge >= 0.3 is 0 Å². The van der Waals surface area contributed by atoms with Crippen LogP contribution in [0.2, 0.25) is 0 Å². The number of carbonyl (C=O) groups excluding carboxylic acids is 1. The largest absolute Gasteiger partial charge is 0.394 e. The van der Waals surface area contributed by atoms with Gasteiger partial charge in [-0.3, -0.25) is 4.79 Å². The maximum absolute atomic E-state index is 13.2. The van der Waals surface area contributed by atoms with E-state index in [1.807, 2.05) is 0 Å². The average molecular weight is 997 g/mol. The monoisotopic (exact) mass is 996 g/mol. The number of hydrogen-bond acceptors (Lipinski definition) is 10. The summed E-state index contributed by atoms with van der Waals surface area (Å²) in [5.41, 5.74) is 0. The third kappa shape index (κ3) is 36.5. The molecule has 0 spiro atoms. The van der Waals surface area contributed by atoms with Crippen molar-refractivity contribution in [1.82, 2.24) is 5.32 Å². The lowest BCUT2D eigenvalue weighted by molar-refractivity contribution is -0.303. The molecule has 414 valence electrons. The number of allylic oxidation sites excluding steroid dienone is 4.